The summed E-state index contributed by atoms with van der Waals surface area (Å²) in [7, 11) is 0. The second kappa shape index (κ2) is 5.86. The average molecular weight is 282 g/mol. The van der Waals surface area contributed by atoms with Crippen molar-refractivity contribution in [1.82, 2.24) is 4.98 Å². The van der Waals surface area contributed by atoms with Gasteiger partial charge < -0.3 is 10.0 Å². The summed E-state index contributed by atoms with van der Waals surface area (Å²) in [5.41, 5.74) is -0.0708. The van der Waals surface area contributed by atoms with Gasteiger partial charge in [0.25, 0.3) is 0 Å². The molecule has 3 rings (SSSR count). The first-order chi connectivity index (χ1) is 10.3. The molecule has 3 heteroatoms. The van der Waals surface area contributed by atoms with Gasteiger partial charge in [0.05, 0.1) is 6.61 Å². The first kappa shape index (κ1) is 14.1. The van der Waals surface area contributed by atoms with Gasteiger partial charge in [0.15, 0.2) is 0 Å². The fourth-order valence-corrected chi connectivity index (χ4v) is 3.41. The Bertz CT molecular complexity index is 635. The molecule has 1 saturated heterocycles. The van der Waals surface area contributed by atoms with Gasteiger partial charge in [-0.05, 0) is 30.7 Å². The molecule has 110 valence electrons. The summed E-state index contributed by atoms with van der Waals surface area (Å²) in [4.78, 5) is 6.93. The third-order valence-corrected chi connectivity index (χ3v) is 4.53. The van der Waals surface area contributed by atoms with Crippen LogP contribution in [0.2, 0.25) is 0 Å². The number of nitrogens with zero attached hydrogens (tertiary/aromatic N) is 2. The Morgan fingerprint density at radius 2 is 2.19 bits per heavy atom. The summed E-state index contributed by atoms with van der Waals surface area (Å²) < 4.78 is 0. The molecule has 0 unspecified atom stereocenters. The summed E-state index contributed by atoms with van der Waals surface area (Å²) in [5.74, 6) is 1.04. The van der Waals surface area contributed by atoms with Crippen LogP contribution in [0.4, 0.5) is 5.82 Å². The zero-order chi connectivity index (χ0) is 14.7. The average Bonchev–Trinajstić information content (AvgIpc) is 2.55. The quantitative estimate of drug-likeness (QED) is 0.873. The number of benzene rings is 1. The van der Waals surface area contributed by atoms with Crippen molar-refractivity contribution in [2.24, 2.45) is 5.41 Å². The molecule has 0 spiro atoms. The van der Waals surface area contributed by atoms with Gasteiger partial charge in [-0.25, -0.2) is 4.98 Å². The number of rotatable bonds is 4. The Morgan fingerprint density at radius 1 is 1.33 bits per heavy atom. The zero-order valence-corrected chi connectivity index (χ0v) is 12.3. The number of fused-ring (bicyclic) bond motifs is 1. The van der Waals surface area contributed by atoms with E-state index >= 15 is 0 Å². The fourth-order valence-electron chi connectivity index (χ4n) is 3.41. The zero-order valence-electron chi connectivity index (χ0n) is 12.3. The summed E-state index contributed by atoms with van der Waals surface area (Å²) >= 11 is 0. The largest absolute Gasteiger partial charge is 0.396 e. The molecule has 1 aliphatic heterocycles. The minimum atomic E-state index is -0.0708. The Morgan fingerprint density at radius 3 is 3.00 bits per heavy atom. The maximum atomic E-state index is 9.86. The van der Waals surface area contributed by atoms with Crippen molar-refractivity contribution in [2.75, 3.05) is 24.6 Å². The molecule has 1 aromatic carbocycles. The molecule has 2 heterocycles. The van der Waals surface area contributed by atoms with E-state index in [1.54, 1.807) is 0 Å². The second-order valence-corrected chi connectivity index (χ2v) is 6.03. The molecule has 1 atom stereocenters. The number of piperidine rings is 1. The minimum Gasteiger partial charge on any atom is -0.396 e. The topological polar surface area (TPSA) is 36.4 Å². The van der Waals surface area contributed by atoms with Gasteiger partial charge in [-0.1, -0.05) is 30.3 Å². The van der Waals surface area contributed by atoms with Crippen molar-refractivity contribution in [3.05, 3.63) is 49.2 Å². The predicted octanol–water partition coefficient (Wildman–Crippen LogP) is 3.39. The van der Waals surface area contributed by atoms with E-state index < -0.39 is 0 Å². The Balaban J connectivity index is 1.97. The molecule has 1 aromatic heterocycles. The molecule has 0 aliphatic carbocycles. The number of anilines is 1. The van der Waals surface area contributed by atoms with E-state index in [1.807, 2.05) is 18.3 Å². The van der Waals surface area contributed by atoms with E-state index in [0.29, 0.717) is 0 Å². The minimum absolute atomic E-state index is 0.0708. The highest BCUT2D eigenvalue weighted by molar-refractivity contribution is 5.92. The lowest BCUT2D eigenvalue weighted by Crippen LogP contribution is -2.45. The monoisotopic (exact) mass is 282 g/mol. The number of aromatic nitrogens is 1. The van der Waals surface area contributed by atoms with E-state index in [4.69, 9.17) is 0 Å². The molecular weight excluding hydrogens is 260 g/mol. The maximum absolute atomic E-state index is 9.86. The number of pyridine rings is 1. The van der Waals surface area contributed by atoms with E-state index in [1.165, 1.54) is 10.8 Å². The first-order valence-electron chi connectivity index (χ1n) is 7.58. The number of allylic oxidation sites excluding steroid dienone is 1. The van der Waals surface area contributed by atoms with E-state index in [0.717, 1.165) is 38.2 Å². The van der Waals surface area contributed by atoms with Gasteiger partial charge in [-0.3, -0.25) is 0 Å². The standard InChI is InChI=1S/C18H22N2O/c1-2-9-18(14-21)10-5-12-20(13-18)17-16-7-4-3-6-15(16)8-11-19-17/h2-4,6-8,11,21H,1,5,9-10,12-14H2/t18-/m1/s1. The van der Waals surface area contributed by atoms with Crippen molar-refractivity contribution in [3.8, 4) is 0 Å². The maximum Gasteiger partial charge on any atom is 0.136 e. The molecule has 2 aromatic rings. The number of aliphatic hydroxyl groups is 1. The summed E-state index contributed by atoms with van der Waals surface area (Å²) in [6.07, 6.45) is 6.79. The van der Waals surface area contributed by atoms with Gasteiger partial charge in [-0.2, -0.15) is 0 Å². The van der Waals surface area contributed by atoms with Crippen LogP contribution in [0.1, 0.15) is 19.3 Å². The first-order valence-corrected chi connectivity index (χ1v) is 7.58. The van der Waals surface area contributed by atoms with Crippen LogP contribution >= 0.6 is 0 Å². The molecule has 21 heavy (non-hydrogen) atoms. The Kier molecular flexibility index (Phi) is 3.93. The number of aliphatic hydroxyl groups excluding tert-OH is 1. The molecule has 0 radical (unpaired) electrons. The summed E-state index contributed by atoms with van der Waals surface area (Å²) in [6, 6.07) is 10.4. The normalized spacial score (nSPS) is 22.4. The van der Waals surface area contributed by atoms with Crippen molar-refractivity contribution in [2.45, 2.75) is 19.3 Å². The Labute approximate surface area is 125 Å². The molecule has 1 fully saturated rings. The molecule has 1 N–H and O–H groups in total. The molecular formula is C18H22N2O. The lowest BCUT2D eigenvalue weighted by atomic mass is 9.78. The van der Waals surface area contributed by atoms with Gasteiger partial charge in [0.1, 0.15) is 5.82 Å². The highest BCUT2D eigenvalue weighted by atomic mass is 16.3. The van der Waals surface area contributed by atoms with Crippen molar-refractivity contribution < 1.29 is 5.11 Å². The molecule has 0 bridgehead atoms. The smallest absolute Gasteiger partial charge is 0.136 e. The van der Waals surface area contributed by atoms with Crippen molar-refractivity contribution in [3.63, 3.8) is 0 Å². The van der Waals surface area contributed by atoms with Crippen LogP contribution < -0.4 is 4.90 Å². The van der Waals surface area contributed by atoms with E-state index in [9.17, 15) is 5.11 Å². The summed E-state index contributed by atoms with van der Waals surface area (Å²) in [6.45, 7) is 5.90. The molecule has 0 amide bonds. The van der Waals surface area contributed by atoms with Crippen molar-refractivity contribution in [1.29, 1.82) is 0 Å². The second-order valence-electron chi connectivity index (χ2n) is 6.03. The van der Waals surface area contributed by atoms with Crippen LogP contribution in [0.15, 0.2) is 49.2 Å². The lowest BCUT2D eigenvalue weighted by molar-refractivity contribution is 0.108. The number of hydrogen-bond acceptors (Lipinski definition) is 3. The third kappa shape index (κ3) is 2.66. The van der Waals surface area contributed by atoms with Crippen LogP contribution in [-0.4, -0.2) is 29.8 Å². The molecule has 3 nitrogen and oxygen atoms in total. The van der Waals surface area contributed by atoms with Crippen LogP contribution in [-0.2, 0) is 0 Å². The summed E-state index contributed by atoms with van der Waals surface area (Å²) in [5, 5.41) is 12.3. The van der Waals surface area contributed by atoms with E-state index in [-0.39, 0.29) is 12.0 Å². The highest BCUT2D eigenvalue weighted by Gasteiger charge is 2.34. The van der Waals surface area contributed by atoms with Crippen LogP contribution in [0.5, 0.6) is 0 Å². The van der Waals surface area contributed by atoms with Gasteiger partial charge in [0, 0.05) is 30.1 Å². The van der Waals surface area contributed by atoms with Gasteiger partial charge in [-0.15, -0.1) is 6.58 Å². The predicted molar refractivity (Wildman–Crippen MR) is 87.5 cm³/mol. The lowest BCUT2D eigenvalue weighted by Gasteiger charge is -2.42. The Hall–Kier alpha value is -1.87. The highest BCUT2D eigenvalue weighted by Crippen LogP contribution is 2.36. The molecule has 0 saturated carbocycles. The number of hydrogen-bond donors (Lipinski definition) is 1. The van der Waals surface area contributed by atoms with Crippen molar-refractivity contribution >= 4 is 16.6 Å². The van der Waals surface area contributed by atoms with Crippen LogP contribution in [0.25, 0.3) is 10.8 Å². The fraction of sp³-hybridized carbons (Fsp3) is 0.389. The SMILES string of the molecule is C=CC[C@@]1(CO)CCCN(c2nccc3ccccc23)C1. The van der Waals surface area contributed by atoms with Crippen LogP contribution in [0.3, 0.4) is 0 Å². The third-order valence-electron chi connectivity index (χ3n) is 4.53. The van der Waals surface area contributed by atoms with Crippen LogP contribution in [0, 0.1) is 5.41 Å². The molecule has 1 aliphatic rings. The van der Waals surface area contributed by atoms with Gasteiger partial charge in [0.2, 0.25) is 0 Å². The van der Waals surface area contributed by atoms with E-state index in [2.05, 4.69) is 40.7 Å². The van der Waals surface area contributed by atoms with Gasteiger partial charge >= 0.3 is 0 Å².